The van der Waals surface area contributed by atoms with Gasteiger partial charge in [-0.1, -0.05) is 78.2 Å². The average molecular weight is 468 g/mol. The zero-order chi connectivity index (χ0) is 23.1. The minimum Gasteiger partial charge on any atom is -0.482 e. The second-order valence-corrected chi connectivity index (χ2v) is 10.1. The summed E-state index contributed by atoms with van der Waals surface area (Å²) in [5.74, 6) is 0.330. The van der Waals surface area contributed by atoms with Crippen molar-refractivity contribution in [3.8, 4) is 5.75 Å². The predicted octanol–water partition coefficient (Wildman–Crippen LogP) is 7.20. The van der Waals surface area contributed by atoms with Crippen LogP contribution in [0.5, 0.6) is 5.75 Å². The monoisotopic (exact) mass is 467 g/mol. The molecule has 1 aliphatic heterocycles. The van der Waals surface area contributed by atoms with Gasteiger partial charge >= 0.3 is 0 Å². The molecule has 4 rings (SSSR count). The highest BCUT2D eigenvalue weighted by Gasteiger charge is 2.47. The summed E-state index contributed by atoms with van der Waals surface area (Å²) >= 11 is 12.2. The Morgan fingerprint density at radius 1 is 1.00 bits per heavy atom. The SMILES string of the molecule is Cc1ccc([C@@]2(C)CC(C)(C)N(C(=O)COc3ccc(Cl)cc3Cl)c3ccccc32)cc1. The van der Waals surface area contributed by atoms with E-state index in [2.05, 4.69) is 58.0 Å². The van der Waals surface area contributed by atoms with Gasteiger partial charge in [-0.3, -0.25) is 4.79 Å². The second kappa shape index (κ2) is 8.46. The Bertz CT molecular complexity index is 1160. The molecule has 166 valence electrons. The van der Waals surface area contributed by atoms with Gasteiger partial charge in [-0.15, -0.1) is 0 Å². The Balaban J connectivity index is 1.69. The third kappa shape index (κ3) is 4.12. The number of aryl methyl sites for hydroxylation is 1. The molecule has 0 aliphatic carbocycles. The first-order valence-electron chi connectivity index (χ1n) is 10.7. The summed E-state index contributed by atoms with van der Waals surface area (Å²) < 4.78 is 5.78. The van der Waals surface area contributed by atoms with Crippen molar-refractivity contribution in [3.05, 3.63) is 93.5 Å². The second-order valence-electron chi connectivity index (χ2n) is 9.30. The zero-order valence-electron chi connectivity index (χ0n) is 18.8. The number of nitrogens with zero attached hydrogens (tertiary/aromatic N) is 1. The normalized spacial score (nSPS) is 19.4. The standard InChI is InChI=1S/C27H27Cl2NO2/c1-18-9-11-19(12-10-18)27(4)17-26(2,3)30(23-8-6-5-7-21(23)27)25(31)16-32-24-14-13-20(28)15-22(24)29/h5-15H,16-17H2,1-4H3/t27-/m1/s1. The van der Waals surface area contributed by atoms with E-state index < -0.39 is 5.54 Å². The molecule has 0 radical (unpaired) electrons. The summed E-state index contributed by atoms with van der Waals surface area (Å²) in [7, 11) is 0. The topological polar surface area (TPSA) is 29.5 Å². The molecule has 0 saturated heterocycles. The maximum absolute atomic E-state index is 13.5. The number of halogens is 2. The van der Waals surface area contributed by atoms with Crippen LogP contribution in [-0.2, 0) is 10.2 Å². The number of para-hydroxylation sites is 1. The maximum Gasteiger partial charge on any atom is 0.265 e. The number of hydrogen-bond donors (Lipinski definition) is 0. The Morgan fingerprint density at radius 3 is 2.38 bits per heavy atom. The van der Waals surface area contributed by atoms with Gasteiger partial charge in [0.1, 0.15) is 5.75 Å². The summed E-state index contributed by atoms with van der Waals surface area (Å²) in [6.45, 7) is 8.48. The van der Waals surface area contributed by atoms with E-state index >= 15 is 0 Å². The summed E-state index contributed by atoms with van der Waals surface area (Å²) in [6, 6.07) is 21.9. The zero-order valence-corrected chi connectivity index (χ0v) is 20.3. The molecule has 0 aromatic heterocycles. The van der Waals surface area contributed by atoms with Crippen molar-refractivity contribution in [3.63, 3.8) is 0 Å². The Morgan fingerprint density at radius 2 is 1.69 bits per heavy atom. The summed E-state index contributed by atoms with van der Waals surface area (Å²) in [5.41, 5.74) is 3.91. The fraction of sp³-hybridized carbons (Fsp3) is 0.296. The van der Waals surface area contributed by atoms with Crippen molar-refractivity contribution in [1.29, 1.82) is 0 Å². The molecule has 3 nitrogen and oxygen atoms in total. The van der Waals surface area contributed by atoms with Gasteiger partial charge in [-0.2, -0.15) is 0 Å². The Hall–Kier alpha value is -2.49. The number of fused-ring (bicyclic) bond motifs is 1. The van der Waals surface area contributed by atoms with Gasteiger partial charge in [0.25, 0.3) is 5.91 Å². The third-order valence-electron chi connectivity index (χ3n) is 6.31. The number of ether oxygens (including phenoxy) is 1. The molecule has 1 amide bonds. The van der Waals surface area contributed by atoms with Gasteiger partial charge in [0.2, 0.25) is 0 Å². The first kappa shape index (κ1) is 22.7. The van der Waals surface area contributed by atoms with Gasteiger partial charge in [0, 0.05) is 21.7 Å². The van der Waals surface area contributed by atoms with Crippen LogP contribution in [0.3, 0.4) is 0 Å². The molecular weight excluding hydrogens is 441 g/mol. The molecule has 3 aromatic carbocycles. The third-order valence-corrected chi connectivity index (χ3v) is 6.84. The molecule has 0 fully saturated rings. The van der Waals surface area contributed by atoms with Crippen LogP contribution < -0.4 is 9.64 Å². The van der Waals surface area contributed by atoms with Crippen LogP contribution in [0.15, 0.2) is 66.7 Å². The Labute approximate surface area is 199 Å². The fourth-order valence-corrected chi connectivity index (χ4v) is 5.41. The molecule has 1 atom stereocenters. The highest BCUT2D eigenvalue weighted by atomic mass is 35.5. The fourth-order valence-electron chi connectivity index (χ4n) is 4.95. The summed E-state index contributed by atoms with van der Waals surface area (Å²) in [4.78, 5) is 15.3. The number of carbonyl (C=O) groups is 1. The van der Waals surface area contributed by atoms with Gasteiger partial charge in [-0.25, -0.2) is 0 Å². The average Bonchev–Trinajstić information content (AvgIpc) is 2.73. The molecule has 32 heavy (non-hydrogen) atoms. The lowest BCUT2D eigenvalue weighted by Gasteiger charge is -2.51. The van der Waals surface area contributed by atoms with Gasteiger partial charge in [0.05, 0.1) is 5.02 Å². The lowest BCUT2D eigenvalue weighted by Crippen LogP contribution is -2.57. The molecule has 0 N–H and O–H groups in total. The Kier molecular flexibility index (Phi) is 6.00. The minimum absolute atomic E-state index is 0.111. The van der Waals surface area contributed by atoms with Crippen LogP contribution in [0.1, 0.15) is 43.9 Å². The van der Waals surface area contributed by atoms with Crippen LogP contribution >= 0.6 is 23.2 Å². The van der Waals surface area contributed by atoms with Gasteiger partial charge < -0.3 is 9.64 Å². The number of amides is 1. The van der Waals surface area contributed by atoms with Crippen molar-refractivity contribution in [2.45, 2.75) is 45.1 Å². The van der Waals surface area contributed by atoms with E-state index in [4.69, 9.17) is 27.9 Å². The van der Waals surface area contributed by atoms with Crippen molar-refractivity contribution in [1.82, 2.24) is 0 Å². The number of hydrogen-bond acceptors (Lipinski definition) is 2. The van der Waals surface area contributed by atoms with Gasteiger partial charge in [0.15, 0.2) is 6.61 Å². The van der Waals surface area contributed by atoms with E-state index in [1.165, 1.54) is 11.1 Å². The highest BCUT2D eigenvalue weighted by Crippen LogP contribution is 2.50. The van der Waals surface area contributed by atoms with Crippen molar-refractivity contribution < 1.29 is 9.53 Å². The number of benzene rings is 3. The minimum atomic E-state index is -0.418. The maximum atomic E-state index is 13.5. The molecule has 0 unspecified atom stereocenters. The molecule has 1 aliphatic rings. The van der Waals surface area contributed by atoms with Crippen LogP contribution in [0.2, 0.25) is 10.0 Å². The lowest BCUT2D eigenvalue weighted by molar-refractivity contribution is -0.121. The van der Waals surface area contributed by atoms with E-state index in [-0.39, 0.29) is 17.9 Å². The van der Waals surface area contributed by atoms with E-state index in [0.29, 0.717) is 15.8 Å². The molecule has 1 heterocycles. The van der Waals surface area contributed by atoms with Crippen molar-refractivity contribution in [2.75, 3.05) is 11.5 Å². The molecule has 0 bridgehead atoms. The summed E-state index contributed by atoms with van der Waals surface area (Å²) in [6.07, 6.45) is 0.785. The van der Waals surface area contributed by atoms with Gasteiger partial charge in [-0.05, 0) is 62.6 Å². The highest BCUT2D eigenvalue weighted by molar-refractivity contribution is 6.35. The van der Waals surface area contributed by atoms with Crippen molar-refractivity contribution in [2.24, 2.45) is 0 Å². The smallest absolute Gasteiger partial charge is 0.265 e. The predicted molar refractivity (Wildman–Crippen MR) is 132 cm³/mol. The lowest BCUT2D eigenvalue weighted by atomic mass is 9.65. The van der Waals surface area contributed by atoms with Crippen molar-refractivity contribution >= 4 is 34.8 Å². The van der Waals surface area contributed by atoms with E-state index in [9.17, 15) is 4.79 Å². The first-order chi connectivity index (χ1) is 15.1. The first-order valence-corrected chi connectivity index (χ1v) is 11.4. The van der Waals surface area contributed by atoms with Crippen LogP contribution in [0.25, 0.3) is 0 Å². The van der Waals surface area contributed by atoms with Crippen LogP contribution in [0.4, 0.5) is 5.69 Å². The molecule has 0 spiro atoms. The largest absolute Gasteiger partial charge is 0.482 e. The molecule has 5 heteroatoms. The van der Waals surface area contributed by atoms with Crippen LogP contribution in [-0.4, -0.2) is 18.1 Å². The van der Waals surface area contributed by atoms with E-state index in [0.717, 1.165) is 17.7 Å². The van der Waals surface area contributed by atoms with Crippen LogP contribution in [0, 0.1) is 6.92 Å². The number of anilines is 1. The van der Waals surface area contributed by atoms with E-state index in [1.54, 1.807) is 18.2 Å². The van der Waals surface area contributed by atoms with E-state index in [1.807, 2.05) is 23.1 Å². The molecule has 3 aromatic rings. The quantitative estimate of drug-likeness (QED) is 0.405. The molecular formula is C27H27Cl2NO2. The number of rotatable bonds is 4. The summed E-state index contributed by atoms with van der Waals surface area (Å²) in [5, 5.41) is 0.908. The number of carbonyl (C=O) groups excluding carboxylic acids is 1. The molecule has 0 saturated carbocycles.